The third kappa shape index (κ3) is 6.55. The fourth-order valence-electron chi connectivity index (χ4n) is 8.23. The van der Waals surface area contributed by atoms with Crippen LogP contribution in [0.4, 0.5) is 5.69 Å². The van der Waals surface area contributed by atoms with Crippen LogP contribution in [0.5, 0.6) is 0 Å². The van der Waals surface area contributed by atoms with Gasteiger partial charge >= 0.3 is 5.97 Å². The van der Waals surface area contributed by atoms with Crippen molar-refractivity contribution in [2.45, 2.75) is 82.9 Å². The number of anilines is 1. The van der Waals surface area contributed by atoms with Gasteiger partial charge in [0.15, 0.2) is 0 Å². The van der Waals surface area contributed by atoms with Crippen LogP contribution in [0.2, 0.25) is 5.02 Å². The summed E-state index contributed by atoms with van der Waals surface area (Å²) in [5.41, 5.74) is 0.371. The lowest BCUT2D eigenvalue weighted by Crippen LogP contribution is -2.59. The largest absolute Gasteiger partial charge is 0.455 e. The number of likely N-dealkylation sites (tertiary alicyclic amines) is 1. The number of aryl methyl sites for hydroxylation is 1. The molecular formula is C39H45BrClN3O7. The molecule has 0 radical (unpaired) electrons. The van der Waals surface area contributed by atoms with Gasteiger partial charge in [-0.3, -0.25) is 19.2 Å². The zero-order valence-corrected chi connectivity index (χ0v) is 31.8. The summed E-state index contributed by atoms with van der Waals surface area (Å²) in [7, 11) is 1.69. The van der Waals surface area contributed by atoms with E-state index in [2.05, 4.69) is 15.9 Å². The molecule has 2 fully saturated rings. The third-order valence-electron chi connectivity index (χ3n) is 10.7. The summed E-state index contributed by atoms with van der Waals surface area (Å²) in [5.74, 6) is -3.88. The highest BCUT2D eigenvalue weighted by atomic mass is 79.9. The second-order valence-electron chi connectivity index (χ2n) is 14.4. The first-order valence-electron chi connectivity index (χ1n) is 17.5. The maximum absolute atomic E-state index is 15.3. The third-order valence-corrected chi connectivity index (χ3v) is 11.7. The van der Waals surface area contributed by atoms with Crippen LogP contribution in [0.1, 0.15) is 57.3 Å². The zero-order valence-electron chi connectivity index (χ0n) is 29.5. The monoisotopic (exact) mass is 781 g/mol. The number of hydrogen-bond donors (Lipinski definition) is 1. The molecule has 51 heavy (non-hydrogen) atoms. The Hall–Kier alpha value is -3.51. The Labute approximate surface area is 312 Å². The minimum absolute atomic E-state index is 0.0761. The molecule has 5 bridgehead atoms. The molecule has 4 aliphatic heterocycles. The maximum atomic E-state index is 15.3. The average molecular weight is 783 g/mol. The summed E-state index contributed by atoms with van der Waals surface area (Å²) in [6, 6.07) is 12.1. The molecule has 10 nitrogen and oxygen atoms in total. The van der Waals surface area contributed by atoms with Crippen LogP contribution in [0.3, 0.4) is 0 Å². The number of nitrogens with zero attached hydrogens (tertiary/aromatic N) is 3. The first kappa shape index (κ1) is 37.3. The highest BCUT2D eigenvalue weighted by molar-refractivity contribution is 9.11. The molecule has 2 aromatic rings. The number of ether oxygens (including phenoxy) is 2. The molecule has 0 aromatic heterocycles. The first-order chi connectivity index (χ1) is 24.3. The summed E-state index contributed by atoms with van der Waals surface area (Å²) in [4.78, 5) is 62.8. The number of hydrogen-bond acceptors (Lipinski definition) is 7. The molecule has 6 rings (SSSR count). The number of cyclic esters (lactones) is 1. The van der Waals surface area contributed by atoms with Gasteiger partial charge in [0.05, 0.1) is 35.3 Å². The van der Waals surface area contributed by atoms with E-state index in [4.69, 9.17) is 21.1 Å². The Bertz CT molecular complexity index is 1730. The van der Waals surface area contributed by atoms with E-state index in [1.165, 1.54) is 4.90 Å². The topological polar surface area (TPSA) is 117 Å². The van der Waals surface area contributed by atoms with Crippen molar-refractivity contribution >= 4 is 56.9 Å². The van der Waals surface area contributed by atoms with E-state index in [1.54, 1.807) is 35.1 Å². The number of para-hydroxylation sites is 1. The average Bonchev–Trinajstić information content (AvgIpc) is 3.70. The number of carbonyl (C=O) groups excluding carboxylic acids is 4. The molecule has 4 heterocycles. The summed E-state index contributed by atoms with van der Waals surface area (Å²) in [6.07, 6.45) is 4.70. The molecule has 0 unspecified atom stereocenters. The maximum Gasteiger partial charge on any atom is 0.313 e. The number of amides is 3. The predicted molar refractivity (Wildman–Crippen MR) is 197 cm³/mol. The molecule has 1 N–H and O–H groups in total. The van der Waals surface area contributed by atoms with Crippen molar-refractivity contribution in [1.82, 2.24) is 9.80 Å². The second-order valence-corrected chi connectivity index (χ2v) is 15.7. The summed E-state index contributed by atoms with van der Waals surface area (Å²) >= 11 is 10.4. The number of fused-ring (bicyclic) bond motifs is 2. The van der Waals surface area contributed by atoms with Crippen molar-refractivity contribution in [1.29, 1.82) is 0 Å². The number of aliphatic hydroxyl groups excluding tert-OH is 1. The number of halogens is 2. The highest BCUT2D eigenvalue weighted by Gasteiger charge is 2.75. The van der Waals surface area contributed by atoms with Crippen LogP contribution >= 0.6 is 27.5 Å². The molecule has 8 atom stereocenters. The van der Waals surface area contributed by atoms with Crippen molar-refractivity contribution in [3.05, 3.63) is 87.4 Å². The van der Waals surface area contributed by atoms with Crippen molar-refractivity contribution < 1.29 is 33.8 Å². The van der Waals surface area contributed by atoms with Gasteiger partial charge in [-0.15, -0.1) is 0 Å². The number of allylic oxidation sites excluding steroid dienone is 1. The van der Waals surface area contributed by atoms with Crippen LogP contribution in [0, 0.1) is 24.7 Å². The zero-order chi connectivity index (χ0) is 36.8. The van der Waals surface area contributed by atoms with Gasteiger partial charge in [-0.25, -0.2) is 0 Å². The number of esters is 1. The normalized spacial score (nSPS) is 31.2. The SMILES string of the molecule is Cc1cccc(Cl)c1N1C/C=C\CCC(=O)N(C)[C@H](C)[C@@H](c2ccccc2)OC(=O)[C@@H]2[C@H]3O[C@@]4(C=C3Br)[C@H](C1=O)N([C@@H](CO)CC(C)C)C(=O)[C@@H]24. The minimum Gasteiger partial charge on any atom is -0.455 e. The Morgan fingerprint density at radius 1 is 1.02 bits per heavy atom. The quantitative estimate of drug-likeness (QED) is 0.294. The predicted octanol–water partition coefficient (Wildman–Crippen LogP) is 5.74. The Morgan fingerprint density at radius 2 is 1.75 bits per heavy atom. The minimum atomic E-state index is -1.54. The van der Waals surface area contributed by atoms with Gasteiger partial charge in [0, 0.05) is 24.5 Å². The molecule has 1 spiro atoms. The van der Waals surface area contributed by atoms with Crippen LogP contribution in [0.15, 0.2) is 71.2 Å². The molecule has 272 valence electrons. The summed E-state index contributed by atoms with van der Waals surface area (Å²) in [6.45, 7) is 7.36. The smallest absolute Gasteiger partial charge is 0.313 e. The van der Waals surface area contributed by atoms with Gasteiger partial charge in [0.1, 0.15) is 29.8 Å². The molecule has 12 heteroatoms. The van der Waals surface area contributed by atoms with Crippen LogP contribution in [-0.2, 0) is 28.7 Å². The fraction of sp³-hybridized carbons (Fsp3) is 0.487. The second kappa shape index (κ2) is 14.8. The number of carbonyl (C=O) groups is 4. The number of aliphatic hydroxyl groups is 1. The van der Waals surface area contributed by atoms with Crippen molar-refractivity contribution in [3.63, 3.8) is 0 Å². The Balaban J connectivity index is 1.54. The van der Waals surface area contributed by atoms with Gasteiger partial charge in [-0.2, -0.15) is 0 Å². The van der Waals surface area contributed by atoms with Gasteiger partial charge in [0.2, 0.25) is 11.8 Å². The van der Waals surface area contributed by atoms with E-state index in [0.29, 0.717) is 33.6 Å². The van der Waals surface area contributed by atoms with Crippen molar-refractivity contribution in [2.24, 2.45) is 17.8 Å². The van der Waals surface area contributed by atoms with E-state index in [-0.39, 0.29) is 31.4 Å². The molecule has 0 saturated carbocycles. The Kier molecular flexibility index (Phi) is 10.8. The van der Waals surface area contributed by atoms with E-state index < -0.39 is 65.6 Å². The molecule has 3 amide bonds. The number of benzene rings is 2. The van der Waals surface area contributed by atoms with Crippen molar-refractivity contribution in [2.75, 3.05) is 25.1 Å². The Morgan fingerprint density at radius 3 is 2.41 bits per heavy atom. The molecule has 4 aliphatic rings. The molecule has 2 aromatic carbocycles. The summed E-state index contributed by atoms with van der Waals surface area (Å²) < 4.78 is 13.6. The van der Waals surface area contributed by atoms with E-state index in [0.717, 1.165) is 5.56 Å². The molecule has 0 aliphatic carbocycles. The van der Waals surface area contributed by atoms with E-state index in [1.807, 2.05) is 76.2 Å². The van der Waals surface area contributed by atoms with Gasteiger partial charge in [0.25, 0.3) is 5.91 Å². The van der Waals surface area contributed by atoms with E-state index in [9.17, 15) is 19.5 Å². The number of likely N-dealkylation sites (N-methyl/N-ethyl adjacent to an activating group) is 1. The first-order valence-corrected chi connectivity index (χ1v) is 18.7. The van der Waals surface area contributed by atoms with Gasteiger partial charge in [-0.1, -0.05) is 96.0 Å². The van der Waals surface area contributed by atoms with Gasteiger partial charge < -0.3 is 29.3 Å². The number of rotatable bonds is 6. The van der Waals surface area contributed by atoms with Crippen LogP contribution in [0.25, 0.3) is 0 Å². The van der Waals surface area contributed by atoms with Crippen molar-refractivity contribution in [3.8, 4) is 0 Å². The molecule has 2 saturated heterocycles. The fourth-order valence-corrected chi connectivity index (χ4v) is 9.29. The van der Waals surface area contributed by atoms with Gasteiger partial charge in [-0.05, 0) is 55.9 Å². The lowest BCUT2D eigenvalue weighted by molar-refractivity contribution is -0.164. The lowest BCUT2D eigenvalue weighted by Gasteiger charge is -2.39. The van der Waals surface area contributed by atoms with E-state index >= 15 is 4.79 Å². The van der Waals surface area contributed by atoms with Crippen LogP contribution in [-0.4, -0.2) is 88.6 Å². The lowest BCUT2D eigenvalue weighted by atomic mass is 9.74. The summed E-state index contributed by atoms with van der Waals surface area (Å²) in [5, 5.41) is 11.1. The van der Waals surface area contributed by atoms with Crippen LogP contribution < -0.4 is 4.90 Å². The molecular weight excluding hydrogens is 738 g/mol. The highest BCUT2D eigenvalue weighted by Crippen LogP contribution is 2.60. The standard InChI is InChI=1S/C39H45BrClN3O7/c1-22(2)19-26(21-45)44-35-37(48)43(32-23(3)13-12-16-28(32)41)18-11-7-10-17-29(46)42(5)24(4)33(25-14-8-6-9-15-25)50-38(49)30-31(36(44)47)39(35)20-27(40)34(30)51-39/h6-9,11-16,20,22,24,26,30-31,33-35,45H,10,17-19,21H2,1-5H3/b11-7-/t24-,26-,30+,31-,33+,34+,35+,39-/m1/s1.